The zero-order valence-electron chi connectivity index (χ0n) is 55.2. The summed E-state index contributed by atoms with van der Waals surface area (Å²) >= 11 is 0. The van der Waals surface area contributed by atoms with Gasteiger partial charge in [-0.1, -0.05) is 0 Å². The van der Waals surface area contributed by atoms with E-state index in [2.05, 4.69) is 16.0 Å². The van der Waals surface area contributed by atoms with Crippen molar-refractivity contribution in [3.8, 4) is 0 Å². The molecule has 3 saturated heterocycles. The third kappa shape index (κ3) is 42.5. The zero-order valence-corrected chi connectivity index (χ0v) is 60.5. The van der Waals surface area contributed by atoms with Gasteiger partial charge in [-0.2, -0.15) is 0 Å². The second-order valence-corrected chi connectivity index (χ2v) is 24.0. The first-order valence-corrected chi connectivity index (χ1v) is 32.1. The average molecular weight is 1860 g/mol. The molecule has 3 radical (unpaired) electrons. The smallest absolute Gasteiger partial charge is 0.251 e. The van der Waals surface area contributed by atoms with Crippen LogP contribution >= 0.6 is 0 Å². The number of aliphatic carboxylic acids is 9. The van der Waals surface area contributed by atoms with Gasteiger partial charge in [-0.15, -0.1) is 0 Å². The van der Waals surface area contributed by atoms with Crippen LogP contribution in [0, 0.1) is 111 Å². The Balaban J connectivity index is 0.0000163. The van der Waals surface area contributed by atoms with E-state index in [1.165, 1.54) is 32.9 Å². The Bertz CT molecular complexity index is 2350. The zero-order chi connectivity index (χ0) is 70.5. The van der Waals surface area contributed by atoms with Crippen LogP contribution in [0.1, 0.15) is 50.3 Å². The Labute approximate surface area is 663 Å². The predicted octanol–water partition coefficient (Wildman–Crippen LogP) is -17.5. The van der Waals surface area contributed by atoms with Crippen LogP contribution in [0.15, 0.2) is 18.2 Å². The van der Waals surface area contributed by atoms with Crippen molar-refractivity contribution in [2.75, 3.05) is 255 Å². The van der Waals surface area contributed by atoms with Crippen LogP contribution in [0.2, 0.25) is 0 Å². The molecule has 1 aromatic rings. The van der Waals surface area contributed by atoms with Gasteiger partial charge in [0.2, 0.25) is 0 Å². The molecular weight excluding hydrogens is 1770 g/mol. The molecule has 99 heavy (non-hydrogen) atoms. The van der Waals surface area contributed by atoms with E-state index in [9.17, 15) is 103 Å². The molecule has 0 saturated carbocycles. The maximum Gasteiger partial charge on any atom is 0.251 e. The molecule has 0 aliphatic carbocycles. The van der Waals surface area contributed by atoms with Gasteiger partial charge in [0.25, 0.3) is 17.7 Å². The molecule has 3 heterocycles. The molecule has 4 rings (SSSR count). The van der Waals surface area contributed by atoms with E-state index in [0.29, 0.717) is 38.9 Å². The maximum atomic E-state index is 14.1. The molecule has 3 aliphatic heterocycles. The van der Waals surface area contributed by atoms with Crippen molar-refractivity contribution < 1.29 is 214 Å². The van der Waals surface area contributed by atoms with Gasteiger partial charge in [-0.05, 0) is 57.1 Å². The summed E-state index contributed by atoms with van der Waals surface area (Å²) in [5.74, 6) is -14.2. The summed E-state index contributed by atoms with van der Waals surface area (Å²) in [7, 11) is 0. The average Bonchev–Trinajstić information content (AvgIpc) is 0.837. The van der Waals surface area contributed by atoms with Crippen molar-refractivity contribution in [2.45, 2.75) is 19.3 Å². The molecule has 579 valence electrons. The molecule has 39 heteroatoms. The van der Waals surface area contributed by atoms with Gasteiger partial charge in [0.1, 0.15) is 0 Å². The molecule has 3 amide bonds. The van der Waals surface area contributed by atoms with E-state index in [1.807, 2.05) is 14.7 Å². The number of carboxylic acids is 9. The molecule has 0 bridgehead atoms. The standard InChI is InChI=1S/C60H99N15O21.3Tm/c76-49(77)37-67-16-10-64(11-17-68(38-50(78)79)23-29-73(28-22-67)43-55(88)89)7-1-4-61-58(94)46-34-47(59(95)62-5-2-8-65-12-18-69(39-51(80)81)24-30-74(44-56(90)91)31-25-70(19-13-65)40-52(82)83)36-48(35-46)60(96)63-6-3-9-66-14-20-71(41-53(84)85)26-32-75(45-57(92)93)33-27-72(21-15-66)42-54(86)87;;;/h34-36H,1-33,37-45H2,(H,61,94)(H,62,95)(H,63,96)(H,76,77)(H,78,79)(H,80,81)(H,82,83)(H,84,85)(H,86,87)(H,88,89)(H,90,91)(H,92,93);;;/p-9. The van der Waals surface area contributed by atoms with Gasteiger partial charge in [-0.25, -0.2) is 0 Å². The van der Waals surface area contributed by atoms with E-state index >= 15 is 0 Å². The van der Waals surface area contributed by atoms with Crippen molar-refractivity contribution in [3.05, 3.63) is 34.9 Å². The van der Waals surface area contributed by atoms with Crippen LogP contribution in [-0.2, 0) is 43.2 Å². The number of carboxylic acid groups (broad SMARTS) is 9. The number of carbonyl (C=O) groups excluding carboxylic acids is 12. The minimum absolute atomic E-state index is 0. The number of carbonyl (C=O) groups is 12. The van der Waals surface area contributed by atoms with Crippen molar-refractivity contribution in [1.82, 2.24) is 74.7 Å². The Morgan fingerprint density at radius 2 is 0.354 bits per heavy atom. The summed E-state index contributed by atoms with van der Waals surface area (Å²) in [6.07, 6.45) is 0.939. The van der Waals surface area contributed by atoms with Crippen LogP contribution in [0.25, 0.3) is 0 Å². The topological polar surface area (TPSA) is 487 Å². The summed E-state index contributed by atoms with van der Waals surface area (Å²) in [6.45, 7) is 1.70. The second-order valence-electron chi connectivity index (χ2n) is 24.0. The predicted molar refractivity (Wildman–Crippen MR) is 320 cm³/mol. The molecule has 3 N–H and O–H groups in total. The molecule has 36 nitrogen and oxygen atoms in total. The summed E-state index contributed by atoms with van der Waals surface area (Å²) in [5, 5.41) is 113. The summed E-state index contributed by atoms with van der Waals surface area (Å²) in [4.78, 5) is 167. The van der Waals surface area contributed by atoms with Crippen LogP contribution in [0.3, 0.4) is 0 Å². The fraction of sp³-hybridized carbons (Fsp3) is 0.700. The van der Waals surface area contributed by atoms with E-state index in [-0.39, 0.29) is 304 Å². The van der Waals surface area contributed by atoms with Crippen molar-refractivity contribution in [3.63, 3.8) is 0 Å². The number of rotatable bonds is 33. The summed E-state index contributed by atoms with van der Waals surface area (Å²) in [6, 6.07) is 3.91. The molecular formula is C60H90N15O21Tm3-9. The number of hydrogen-bond acceptors (Lipinski definition) is 33. The SMILES string of the molecule is O=C([O-])CN1CCN(CCCNC(=O)c2cc(C(=O)NCCCN3CCN(CC(=O)[O-])CCN(CC(=O)[O-])CCN(CC(=O)[O-])CC3)cc(C(=O)NCCCN3CCN(CC(=O)[O-])CCN(CC(=O)[O-])CCN(CC(=O)[O-])CC3)c2)CCN(CC(=O)[O-])CCN(CC(=O)[O-])CC1.[Tm].[Tm].[Tm]. The molecule has 0 atom stereocenters. The van der Waals surface area contributed by atoms with Gasteiger partial charge >= 0.3 is 0 Å². The number of nitrogens with zero attached hydrogens (tertiary/aromatic N) is 12. The fourth-order valence-electron chi connectivity index (χ4n) is 11.3. The van der Waals surface area contributed by atoms with Gasteiger partial charge in [-0.3, -0.25) is 58.5 Å². The number of hydrogen-bond donors (Lipinski definition) is 3. The van der Waals surface area contributed by atoms with Crippen LogP contribution in [0.5, 0.6) is 0 Å². The Morgan fingerprint density at radius 1 is 0.232 bits per heavy atom. The van der Waals surface area contributed by atoms with Gasteiger partial charge in [0, 0.05) is 363 Å². The van der Waals surface area contributed by atoms with Gasteiger partial charge < -0.3 is 120 Å². The maximum absolute atomic E-state index is 14.1. The first kappa shape index (κ1) is 93.1. The summed E-state index contributed by atoms with van der Waals surface area (Å²) < 4.78 is 0. The first-order chi connectivity index (χ1) is 45.7. The van der Waals surface area contributed by atoms with Crippen molar-refractivity contribution in [2.24, 2.45) is 0 Å². The quantitative estimate of drug-likeness (QED) is 0.0550. The largest absolute Gasteiger partial charge is 0.549 e. The first-order valence-electron chi connectivity index (χ1n) is 32.1. The van der Waals surface area contributed by atoms with Crippen molar-refractivity contribution >= 4 is 71.4 Å². The molecule has 0 spiro atoms. The van der Waals surface area contributed by atoms with Gasteiger partial charge in [0.05, 0.1) is 53.7 Å². The van der Waals surface area contributed by atoms with E-state index in [0.717, 1.165) is 0 Å². The Kier molecular flexibility index (Phi) is 49.0. The molecule has 3 fully saturated rings. The Hall–Kier alpha value is -3.92. The number of nitrogens with one attached hydrogen (secondary N) is 3. The van der Waals surface area contributed by atoms with Crippen LogP contribution in [0.4, 0.5) is 0 Å². The van der Waals surface area contributed by atoms with Crippen LogP contribution in [-0.4, -0.2) is 385 Å². The normalized spacial score (nSPS) is 18.2. The van der Waals surface area contributed by atoms with Crippen molar-refractivity contribution in [1.29, 1.82) is 0 Å². The Morgan fingerprint density at radius 3 is 0.475 bits per heavy atom. The van der Waals surface area contributed by atoms with E-state index in [1.54, 1.807) is 29.4 Å². The van der Waals surface area contributed by atoms with E-state index < -0.39 is 130 Å². The number of benzene rings is 1. The number of amides is 3. The second kappa shape index (κ2) is 52.1. The minimum Gasteiger partial charge on any atom is -0.549 e. The van der Waals surface area contributed by atoms with Crippen LogP contribution < -0.4 is 61.9 Å². The van der Waals surface area contributed by atoms with Gasteiger partial charge in [0.15, 0.2) is 0 Å². The molecule has 1 aromatic carbocycles. The third-order valence-corrected chi connectivity index (χ3v) is 16.5. The molecule has 3 aliphatic rings. The van der Waals surface area contributed by atoms with E-state index in [4.69, 9.17) is 0 Å². The molecule has 0 unspecified atom stereocenters. The minimum atomic E-state index is -1.36. The fourth-order valence-corrected chi connectivity index (χ4v) is 11.3. The molecule has 0 aromatic heterocycles. The summed E-state index contributed by atoms with van der Waals surface area (Å²) in [5.41, 5.74) is -0.219. The monoisotopic (exact) mass is 1860 g/mol. The third-order valence-electron chi connectivity index (χ3n) is 16.5.